The Morgan fingerprint density at radius 3 is 2.45 bits per heavy atom. The highest BCUT2D eigenvalue weighted by atomic mass is 16.3. The Hall–Kier alpha value is -2.33. The van der Waals surface area contributed by atoms with Gasteiger partial charge in [-0.1, -0.05) is 43.3 Å². The van der Waals surface area contributed by atoms with E-state index in [0.29, 0.717) is 0 Å². The van der Waals surface area contributed by atoms with E-state index in [9.17, 15) is 15.0 Å². The molecule has 0 aliphatic carbocycles. The first-order valence-electron chi connectivity index (χ1n) is 7.39. The minimum absolute atomic E-state index is 0.138. The van der Waals surface area contributed by atoms with E-state index in [1.54, 1.807) is 24.3 Å². The number of aryl methyl sites for hydroxylation is 1. The van der Waals surface area contributed by atoms with Gasteiger partial charge in [-0.05, 0) is 35.2 Å². The third kappa shape index (κ3) is 4.33. The van der Waals surface area contributed by atoms with Crippen molar-refractivity contribution in [2.75, 3.05) is 6.61 Å². The molecule has 4 heteroatoms. The van der Waals surface area contributed by atoms with Crippen molar-refractivity contribution in [2.45, 2.75) is 25.8 Å². The summed E-state index contributed by atoms with van der Waals surface area (Å²) in [6.07, 6.45) is 1.12. The molecular weight excluding hydrogens is 278 g/mol. The highest BCUT2D eigenvalue weighted by Gasteiger charge is 2.14. The molecule has 0 radical (unpaired) electrons. The third-order valence-electron chi connectivity index (χ3n) is 3.58. The third-order valence-corrected chi connectivity index (χ3v) is 3.58. The van der Waals surface area contributed by atoms with Gasteiger partial charge in [0.05, 0.1) is 19.1 Å². The molecule has 2 rings (SSSR count). The number of carbonyl (C=O) groups is 1. The van der Waals surface area contributed by atoms with Crippen LogP contribution in [0.1, 0.15) is 29.7 Å². The van der Waals surface area contributed by atoms with Crippen molar-refractivity contribution in [1.82, 2.24) is 5.32 Å². The Balaban J connectivity index is 2.01. The highest BCUT2D eigenvalue weighted by molar-refractivity contribution is 5.79. The fraction of sp³-hybridized carbons (Fsp3) is 0.278. The van der Waals surface area contributed by atoms with Crippen molar-refractivity contribution < 1.29 is 15.0 Å². The van der Waals surface area contributed by atoms with Crippen LogP contribution in [0.15, 0.2) is 48.5 Å². The summed E-state index contributed by atoms with van der Waals surface area (Å²) in [5, 5.41) is 21.7. The lowest BCUT2D eigenvalue weighted by atomic mass is 10.0. The van der Waals surface area contributed by atoms with Crippen LogP contribution in [0.25, 0.3) is 0 Å². The molecule has 0 fully saturated rings. The number of hydrogen-bond donors (Lipinski definition) is 3. The quantitative estimate of drug-likeness (QED) is 0.767. The van der Waals surface area contributed by atoms with Gasteiger partial charge in [0.2, 0.25) is 5.91 Å². The van der Waals surface area contributed by atoms with Crippen LogP contribution in [0.3, 0.4) is 0 Å². The van der Waals surface area contributed by atoms with E-state index in [4.69, 9.17) is 0 Å². The predicted molar refractivity (Wildman–Crippen MR) is 85.6 cm³/mol. The highest BCUT2D eigenvalue weighted by Crippen LogP contribution is 2.15. The van der Waals surface area contributed by atoms with Gasteiger partial charge in [0.25, 0.3) is 0 Å². The summed E-state index contributed by atoms with van der Waals surface area (Å²) >= 11 is 0. The number of amides is 1. The van der Waals surface area contributed by atoms with Gasteiger partial charge in [0.15, 0.2) is 0 Å². The van der Waals surface area contributed by atoms with Crippen LogP contribution in [0.2, 0.25) is 0 Å². The van der Waals surface area contributed by atoms with Crippen LogP contribution in [0.4, 0.5) is 0 Å². The molecule has 4 nitrogen and oxygen atoms in total. The smallest absolute Gasteiger partial charge is 0.224 e. The second-order valence-electron chi connectivity index (χ2n) is 5.24. The number of rotatable bonds is 6. The predicted octanol–water partition coefficient (Wildman–Crippen LogP) is 2.35. The maximum absolute atomic E-state index is 12.1. The zero-order valence-electron chi connectivity index (χ0n) is 12.6. The first-order valence-corrected chi connectivity index (χ1v) is 7.39. The van der Waals surface area contributed by atoms with Crippen LogP contribution in [0, 0.1) is 0 Å². The summed E-state index contributed by atoms with van der Waals surface area (Å²) in [5.74, 6) is -0.0524. The summed E-state index contributed by atoms with van der Waals surface area (Å²) in [4.78, 5) is 12.1. The van der Waals surface area contributed by atoms with E-state index in [-0.39, 0.29) is 24.7 Å². The van der Waals surface area contributed by atoms with Gasteiger partial charge >= 0.3 is 0 Å². The molecule has 0 bridgehead atoms. The molecular formula is C18H21NO3. The van der Waals surface area contributed by atoms with Crippen LogP contribution in [-0.4, -0.2) is 22.7 Å². The molecule has 0 saturated heterocycles. The van der Waals surface area contributed by atoms with Crippen LogP contribution in [-0.2, 0) is 17.6 Å². The zero-order valence-corrected chi connectivity index (χ0v) is 12.6. The van der Waals surface area contributed by atoms with Gasteiger partial charge < -0.3 is 15.5 Å². The molecule has 2 aromatic rings. The first kappa shape index (κ1) is 16.0. The molecule has 0 aliphatic heterocycles. The molecule has 0 aliphatic rings. The van der Waals surface area contributed by atoms with Crippen LogP contribution >= 0.6 is 0 Å². The first-order chi connectivity index (χ1) is 10.6. The topological polar surface area (TPSA) is 69.6 Å². The number of nitrogens with one attached hydrogen (secondary N) is 1. The van der Waals surface area contributed by atoms with Crippen LogP contribution in [0.5, 0.6) is 5.75 Å². The molecule has 2 aromatic carbocycles. The monoisotopic (exact) mass is 299 g/mol. The number of aliphatic hydroxyl groups excluding tert-OH is 1. The number of aromatic hydroxyl groups is 1. The summed E-state index contributed by atoms with van der Waals surface area (Å²) in [6.45, 7) is 1.92. The Labute approximate surface area is 130 Å². The summed E-state index contributed by atoms with van der Waals surface area (Å²) < 4.78 is 0. The van der Waals surface area contributed by atoms with E-state index in [1.165, 1.54) is 5.56 Å². The van der Waals surface area contributed by atoms with E-state index >= 15 is 0 Å². The number of carbonyl (C=O) groups excluding carboxylic acids is 1. The summed E-state index contributed by atoms with van der Waals surface area (Å²) in [5.41, 5.74) is 2.83. The molecule has 0 heterocycles. The number of benzene rings is 2. The molecule has 0 aromatic heterocycles. The Bertz CT molecular complexity index is 622. The van der Waals surface area contributed by atoms with Gasteiger partial charge in [-0.25, -0.2) is 0 Å². The maximum atomic E-state index is 12.1. The van der Waals surface area contributed by atoms with Crippen molar-refractivity contribution >= 4 is 5.91 Å². The van der Waals surface area contributed by atoms with Crippen molar-refractivity contribution in [2.24, 2.45) is 0 Å². The fourth-order valence-electron chi connectivity index (χ4n) is 2.32. The standard InChI is InChI=1S/C18H21NO3/c1-2-13-6-8-15(9-7-13)17(12-20)19-18(22)11-14-4-3-5-16(21)10-14/h3-10,17,20-21H,2,11-12H2,1H3,(H,19,22). The zero-order chi connectivity index (χ0) is 15.9. The van der Waals surface area contributed by atoms with Crippen molar-refractivity contribution in [1.29, 1.82) is 0 Å². The minimum Gasteiger partial charge on any atom is -0.508 e. The number of phenols is 1. The Morgan fingerprint density at radius 2 is 1.86 bits per heavy atom. The number of phenolic OH excluding ortho intramolecular Hbond substituents is 1. The van der Waals surface area contributed by atoms with Gasteiger partial charge in [-0.15, -0.1) is 0 Å². The molecule has 3 N–H and O–H groups in total. The molecule has 0 saturated carbocycles. The summed E-state index contributed by atoms with van der Waals surface area (Å²) in [7, 11) is 0. The van der Waals surface area contributed by atoms with Gasteiger partial charge in [0.1, 0.15) is 5.75 Å². The van der Waals surface area contributed by atoms with E-state index < -0.39 is 6.04 Å². The average Bonchev–Trinajstić information content (AvgIpc) is 2.53. The Kier molecular flexibility index (Phi) is 5.55. The maximum Gasteiger partial charge on any atom is 0.224 e. The molecule has 116 valence electrons. The lowest BCUT2D eigenvalue weighted by Gasteiger charge is -2.17. The number of aliphatic hydroxyl groups is 1. The molecule has 1 atom stereocenters. The minimum atomic E-state index is -0.421. The lowest BCUT2D eigenvalue weighted by Crippen LogP contribution is -2.31. The van der Waals surface area contributed by atoms with Crippen molar-refractivity contribution in [3.63, 3.8) is 0 Å². The SMILES string of the molecule is CCc1ccc(C(CO)NC(=O)Cc2cccc(O)c2)cc1. The van der Waals surface area contributed by atoms with Crippen molar-refractivity contribution in [3.05, 3.63) is 65.2 Å². The lowest BCUT2D eigenvalue weighted by molar-refractivity contribution is -0.121. The number of hydrogen-bond acceptors (Lipinski definition) is 3. The molecule has 1 unspecified atom stereocenters. The summed E-state index contributed by atoms with van der Waals surface area (Å²) in [6, 6.07) is 14.0. The van der Waals surface area contributed by atoms with E-state index in [1.807, 2.05) is 24.3 Å². The van der Waals surface area contributed by atoms with Gasteiger partial charge in [-0.2, -0.15) is 0 Å². The van der Waals surface area contributed by atoms with Crippen LogP contribution < -0.4 is 5.32 Å². The molecule has 1 amide bonds. The van der Waals surface area contributed by atoms with Gasteiger partial charge in [-0.3, -0.25) is 4.79 Å². The van der Waals surface area contributed by atoms with E-state index in [2.05, 4.69) is 12.2 Å². The fourth-order valence-corrected chi connectivity index (χ4v) is 2.32. The normalized spacial score (nSPS) is 11.9. The van der Waals surface area contributed by atoms with E-state index in [0.717, 1.165) is 17.5 Å². The largest absolute Gasteiger partial charge is 0.508 e. The van der Waals surface area contributed by atoms with Gasteiger partial charge in [0, 0.05) is 0 Å². The second-order valence-corrected chi connectivity index (χ2v) is 5.24. The van der Waals surface area contributed by atoms with Crippen molar-refractivity contribution in [3.8, 4) is 5.75 Å². The molecule has 0 spiro atoms. The molecule has 22 heavy (non-hydrogen) atoms. The average molecular weight is 299 g/mol. The Morgan fingerprint density at radius 1 is 1.14 bits per heavy atom. The second kappa shape index (κ2) is 7.61.